The highest BCUT2D eigenvalue weighted by Crippen LogP contribution is 2.30. The van der Waals surface area contributed by atoms with E-state index in [0.29, 0.717) is 43.3 Å². The van der Waals surface area contributed by atoms with Gasteiger partial charge in [-0.25, -0.2) is 4.68 Å². The first kappa shape index (κ1) is 22.4. The van der Waals surface area contributed by atoms with E-state index >= 15 is 0 Å². The molecule has 1 amide bonds. The molecule has 1 aliphatic rings. The van der Waals surface area contributed by atoms with Crippen LogP contribution in [-0.4, -0.2) is 71.2 Å². The Hall–Kier alpha value is -4.40. The average Bonchev–Trinajstić information content (AvgIpc) is 3.38. The van der Waals surface area contributed by atoms with Crippen molar-refractivity contribution in [2.75, 3.05) is 45.3 Å². The molecule has 1 fully saturated rings. The summed E-state index contributed by atoms with van der Waals surface area (Å²) in [6.45, 7) is 2.53. The van der Waals surface area contributed by atoms with Crippen molar-refractivity contribution in [2.45, 2.75) is 0 Å². The van der Waals surface area contributed by atoms with E-state index < -0.39 is 0 Å². The van der Waals surface area contributed by atoms with Crippen molar-refractivity contribution in [1.29, 1.82) is 0 Å². The number of pyridine rings is 1. The number of ether oxygens (including phenoxy) is 2. The summed E-state index contributed by atoms with van der Waals surface area (Å²) in [7, 11) is 3.29. The predicted molar refractivity (Wildman–Crippen MR) is 132 cm³/mol. The van der Waals surface area contributed by atoms with E-state index in [9.17, 15) is 4.79 Å². The zero-order valence-corrected chi connectivity index (χ0v) is 19.7. The monoisotopic (exact) mass is 470 g/mol. The Balaban J connectivity index is 1.44. The summed E-state index contributed by atoms with van der Waals surface area (Å²) in [5.41, 5.74) is 3.53. The van der Waals surface area contributed by atoms with Crippen LogP contribution in [0.25, 0.3) is 16.9 Å². The number of nitrogens with zero attached hydrogens (tertiary/aromatic N) is 6. The zero-order chi connectivity index (χ0) is 24.2. The smallest absolute Gasteiger partial charge is 0.276 e. The number of carbonyl (C=O) groups excluding carboxylic acids is 1. The Bertz CT molecular complexity index is 1320. The van der Waals surface area contributed by atoms with Gasteiger partial charge in [-0.1, -0.05) is 23.4 Å². The summed E-state index contributed by atoms with van der Waals surface area (Å²) in [5.74, 6) is 1.37. The van der Waals surface area contributed by atoms with Crippen molar-refractivity contribution in [3.8, 4) is 28.4 Å². The average molecular weight is 471 g/mol. The van der Waals surface area contributed by atoms with Gasteiger partial charge >= 0.3 is 0 Å². The highest BCUT2D eigenvalue weighted by Gasteiger charge is 2.29. The number of rotatable bonds is 6. The fourth-order valence-corrected chi connectivity index (χ4v) is 4.31. The van der Waals surface area contributed by atoms with E-state index in [-0.39, 0.29) is 5.91 Å². The molecule has 3 heterocycles. The Morgan fingerprint density at radius 3 is 2.40 bits per heavy atom. The highest BCUT2D eigenvalue weighted by molar-refractivity contribution is 5.98. The van der Waals surface area contributed by atoms with Crippen LogP contribution in [0.1, 0.15) is 10.5 Å². The van der Waals surface area contributed by atoms with Gasteiger partial charge in [0.1, 0.15) is 17.2 Å². The van der Waals surface area contributed by atoms with Gasteiger partial charge < -0.3 is 19.3 Å². The van der Waals surface area contributed by atoms with Crippen molar-refractivity contribution in [3.05, 3.63) is 78.8 Å². The maximum absolute atomic E-state index is 13.7. The lowest BCUT2D eigenvalue weighted by molar-refractivity contribution is 0.0741. The lowest BCUT2D eigenvalue weighted by atomic mass is 10.1. The molecule has 0 radical (unpaired) electrons. The van der Waals surface area contributed by atoms with Crippen LogP contribution in [-0.2, 0) is 0 Å². The van der Waals surface area contributed by atoms with E-state index in [1.54, 1.807) is 31.3 Å². The number of hydrogen-bond donors (Lipinski definition) is 0. The van der Waals surface area contributed by atoms with Gasteiger partial charge in [-0.2, -0.15) is 0 Å². The first-order valence-electron chi connectivity index (χ1n) is 11.4. The van der Waals surface area contributed by atoms with Crippen molar-refractivity contribution in [3.63, 3.8) is 0 Å². The molecule has 5 rings (SSSR count). The van der Waals surface area contributed by atoms with E-state index in [4.69, 9.17) is 9.47 Å². The van der Waals surface area contributed by atoms with Crippen molar-refractivity contribution in [2.24, 2.45) is 0 Å². The second-order valence-electron chi connectivity index (χ2n) is 8.09. The van der Waals surface area contributed by atoms with E-state index in [2.05, 4.69) is 20.2 Å². The molecule has 0 aliphatic carbocycles. The number of amides is 1. The molecular formula is C26H26N6O3. The highest BCUT2D eigenvalue weighted by atomic mass is 16.5. The van der Waals surface area contributed by atoms with Gasteiger partial charge in [0.15, 0.2) is 5.69 Å². The molecule has 0 saturated carbocycles. The fourth-order valence-electron chi connectivity index (χ4n) is 4.31. The Morgan fingerprint density at radius 1 is 0.886 bits per heavy atom. The van der Waals surface area contributed by atoms with Crippen LogP contribution in [0.3, 0.4) is 0 Å². The van der Waals surface area contributed by atoms with Crippen LogP contribution >= 0.6 is 0 Å². The number of para-hydroxylation sites is 2. The quantitative estimate of drug-likeness (QED) is 0.427. The number of anilines is 1. The molecule has 1 saturated heterocycles. The standard InChI is InChI=1S/C26H26N6O3/c1-34-21-7-5-6-20(18-21)32-25(19-10-12-27-13-11-19)24(28-29-32)26(33)31-16-14-30(15-17-31)22-8-3-4-9-23(22)35-2/h3-13,18H,14-17H2,1-2H3. The van der Waals surface area contributed by atoms with Gasteiger partial charge in [-0.05, 0) is 36.4 Å². The van der Waals surface area contributed by atoms with Crippen LogP contribution in [0.2, 0.25) is 0 Å². The Kier molecular flexibility index (Phi) is 6.30. The minimum Gasteiger partial charge on any atom is -0.497 e. The SMILES string of the molecule is COc1cccc(-n2nnc(C(=O)N3CCN(c4ccccc4OC)CC3)c2-c2ccncc2)c1. The van der Waals surface area contributed by atoms with E-state index in [1.807, 2.05) is 65.6 Å². The fraction of sp³-hybridized carbons (Fsp3) is 0.231. The van der Waals surface area contributed by atoms with Crippen molar-refractivity contribution in [1.82, 2.24) is 24.9 Å². The second-order valence-corrected chi connectivity index (χ2v) is 8.09. The van der Waals surface area contributed by atoms with Gasteiger partial charge in [-0.15, -0.1) is 5.10 Å². The molecule has 9 nitrogen and oxygen atoms in total. The molecule has 2 aromatic heterocycles. The number of hydrogen-bond acceptors (Lipinski definition) is 7. The Morgan fingerprint density at radius 2 is 1.66 bits per heavy atom. The van der Waals surface area contributed by atoms with Gasteiger partial charge in [0.05, 0.1) is 25.6 Å². The zero-order valence-electron chi connectivity index (χ0n) is 19.7. The second kappa shape index (κ2) is 9.84. The molecule has 0 bridgehead atoms. The third kappa shape index (κ3) is 4.40. The minimum atomic E-state index is -0.148. The molecule has 178 valence electrons. The molecule has 2 aromatic carbocycles. The van der Waals surface area contributed by atoms with E-state index in [1.165, 1.54) is 0 Å². The number of aromatic nitrogens is 4. The van der Waals surface area contributed by atoms with Gasteiger partial charge in [0.25, 0.3) is 5.91 Å². The third-order valence-electron chi connectivity index (χ3n) is 6.12. The maximum Gasteiger partial charge on any atom is 0.276 e. The molecule has 35 heavy (non-hydrogen) atoms. The first-order chi connectivity index (χ1) is 17.2. The number of carbonyl (C=O) groups is 1. The number of piperazine rings is 1. The first-order valence-corrected chi connectivity index (χ1v) is 11.4. The molecule has 9 heteroatoms. The van der Waals surface area contributed by atoms with Crippen LogP contribution < -0.4 is 14.4 Å². The van der Waals surface area contributed by atoms with Crippen molar-refractivity contribution < 1.29 is 14.3 Å². The molecule has 4 aromatic rings. The summed E-state index contributed by atoms with van der Waals surface area (Å²) < 4.78 is 12.6. The lowest BCUT2D eigenvalue weighted by Gasteiger charge is -2.36. The van der Waals surface area contributed by atoms with E-state index in [0.717, 1.165) is 22.7 Å². The molecular weight excluding hydrogens is 444 g/mol. The van der Waals surface area contributed by atoms with Crippen molar-refractivity contribution >= 4 is 11.6 Å². The summed E-state index contributed by atoms with van der Waals surface area (Å²) >= 11 is 0. The lowest BCUT2D eigenvalue weighted by Crippen LogP contribution is -2.49. The molecule has 0 atom stereocenters. The summed E-state index contributed by atoms with van der Waals surface area (Å²) in [6.07, 6.45) is 3.39. The molecule has 0 spiro atoms. The van der Waals surface area contributed by atoms with Gasteiger partial charge in [0.2, 0.25) is 0 Å². The predicted octanol–water partition coefficient (Wildman–Crippen LogP) is 3.31. The molecule has 0 unspecified atom stereocenters. The minimum absolute atomic E-state index is 0.148. The van der Waals surface area contributed by atoms with Crippen LogP contribution in [0.15, 0.2) is 73.1 Å². The van der Waals surface area contributed by atoms with Gasteiger partial charge in [-0.3, -0.25) is 9.78 Å². The number of methoxy groups -OCH3 is 2. The van der Waals surface area contributed by atoms with Crippen LogP contribution in [0, 0.1) is 0 Å². The molecule has 1 aliphatic heterocycles. The Labute approximate surface area is 203 Å². The summed E-state index contributed by atoms with van der Waals surface area (Å²) in [6, 6.07) is 19.1. The van der Waals surface area contributed by atoms with Crippen LogP contribution in [0.5, 0.6) is 11.5 Å². The topological polar surface area (TPSA) is 85.6 Å². The maximum atomic E-state index is 13.7. The third-order valence-corrected chi connectivity index (χ3v) is 6.12. The molecule has 0 N–H and O–H groups in total. The normalized spacial score (nSPS) is 13.5. The van der Waals surface area contributed by atoms with Crippen LogP contribution in [0.4, 0.5) is 5.69 Å². The number of benzene rings is 2. The summed E-state index contributed by atoms with van der Waals surface area (Å²) in [4.78, 5) is 21.8. The largest absolute Gasteiger partial charge is 0.497 e. The summed E-state index contributed by atoms with van der Waals surface area (Å²) in [5, 5.41) is 8.69. The van der Waals surface area contributed by atoms with Gasteiger partial charge in [0, 0.05) is 50.2 Å².